The van der Waals surface area contributed by atoms with Crippen LogP contribution in [0.5, 0.6) is 17.2 Å². The fraction of sp³-hybridized carbons (Fsp3) is 0.571. The van der Waals surface area contributed by atoms with Crippen LogP contribution in [0.3, 0.4) is 0 Å². The Labute approximate surface area is 115 Å². The van der Waals surface area contributed by atoms with Crippen molar-refractivity contribution in [2.24, 2.45) is 5.73 Å². The molecule has 0 unspecified atom stereocenters. The Morgan fingerprint density at radius 1 is 1.05 bits per heavy atom. The number of nitrogens with zero attached hydrogens (tertiary/aromatic N) is 1. The summed E-state index contributed by atoms with van der Waals surface area (Å²) in [7, 11) is 4.87. The molecule has 0 aliphatic carbocycles. The quantitative estimate of drug-likeness (QED) is 0.774. The van der Waals surface area contributed by atoms with E-state index in [9.17, 15) is 0 Å². The Bertz CT molecular complexity index is 397. The maximum absolute atomic E-state index is 5.61. The Kier molecular flexibility index (Phi) is 6.45. The van der Waals surface area contributed by atoms with E-state index in [4.69, 9.17) is 19.9 Å². The van der Waals surface area contributed by atoms with E-state index in [1.54, 1.807) is 21.3 Å². The van der Waals surface area contributed by atoms with Gasteiger partial charge in [0.25, 0.3) is 0 Å². The highest BCUT2D eigenvalue weighted by atomic mass is 16.5. The predicted octanol–water partition coefficient (Wildman–Crippen LogP) is 1.49. The van der Waals surface area contributed by atoms with Gasteiger partial charge in [-0.25, -0.2) is 0 Å². The third-order valence-electron chi connectivity index (χ3n) is 3.07. The molecule has 1 aromatic carbocycles. The molecule has 0 heterocycles. The summed E-state index contributed by atoms with van der Waals surface area (Å²) in [6.45, 7) is 5.33. The minimum Gasteiger partial charge on any atom is -0.493 e. The van der Waals surface area contributed by atoms with Crippen LogP contribution in [0.4, 0.5) is 0 Å². The molecule has 0 saturated carbocycles. The molecule has 0 atom stereocenters. The smallest absolute Gasteiger partial charge is 0.203 e. The minimum absolute atomic E-state index is 0.631. The number of benzene rings is 1. The lowest BCUT2D eigenvalue weighted by atomic mass is 10.1. The lowest BCUT2D eigenvalue weighted by Crippen LogP contribution is -2.29. The second kappa shape index (κ2) is 7.86. The van der Waals surface area contributed by atoms with Crippen molar-refractivity contribution >= 4 is 0 Å². The molecule has 1 rings (SSSR count). The van der Waals surface area contributed by atoms with E-state index in [1.165, 1.54) is 0 Å². The fourth-order valence-corrected chi connectivity index (χ4v) is 2.06. The number of hydrogen-bond acceptors (Lipinski definition) is 5. The third-order valence-corrected chi connectivity index (χ3v) is 3.07. The van der Waals surface area contributed by atoms with Crippen LogP contribution >= 0.6 is 0 Å². The molecular formula is C14H24N2O3. The van der Waals surface area contributed by atoms with Crippen LogP contribution in [0.15, 0.2) is 12.1 Å². The van der Waals surface area contributed by atoms with Crippen molar-refractivity contribution in [2.75, 3.05) is 41.0 Å². The molecule has 19 heavy (non-hydrogen) atoms. The number of rotatable bonds is 8. The van der Waals surface area contributed by atoms with Crippen molar-refractivity contribution in [1.29, 1.82) is 0 Å². The summed E-state index contributed by atoms with van der Waals surface area (Å²) in [5, 5.41) is 0. The lowest BCUT2D eigenvalue weighted by Gasteiger charge is -2.22. The fourth-order valence-electron chi connectivity index (χ4n) is 2.06. The summed E-state index contributed by atoms with van der Waals surface area (Å²) in [4.78, 5) is 2.25. The average Bonchev–Trinajstić information content (AvgIpc) is 2.45. The van der Waals surface area contributed by atoms with E-state index in [0.717, 1.165) is 30.9 Å². The standard InChI is InChI=1S/C14H24N2O3/c1-5-16(9-8-15)10-11-6-7-12(17-2)14(19-4)13(11)18-3/h6-7H,5,8-10,15H2,1-4H3. The molecule has 0 fully saturated rings. The normalized spacial score (nSPS) is 10.6. The van der Waals surface area contributed by atoms with Gasteiger partial charge in [0.1, 0.15) is 0 Å². The Morgan fingerprint density at radius 3 is 2.21 bits per heavy atom. The van der Waals surface area contributed by atoms with Crippen molar-refractivity contribution in [3.63, 3.8) is 0 Å². The second-order valence-corrected chi connectivity index (χ2v) is 4.15. The summed E-state index contributed by atoms with van der Waals surface area (Å²) in [5.74, 6) is 2.02. The van der Waals surface area contributed by atoms with Gasteiger partial charge in [-0.05, 0) is 12.6 Å². The van der Waals surface area contributed by atoms with Crippen LogP contribution in [-0.2, 0) is 6.54 Å². The van der Waals surface area contributed by atoms with Gasteiger partial charge < -0.3 is 19.9 Å². The van der Waals surface area contributed by atoms with Crippen LogP contribution in [0.2, 0.25) is 0 Å². The molecule has 0 aliphatic heterocycles. The Balaban J connectivity index is 3.06. The van der Waals surface area contributed by atoms with E-state index < -0.39 is 0 Å². The molecule has 5 nitrogen and oxygen atoms in total. The zero-order valence-corrected chi connectivity index (χ0v) is 12.2. The van der Waals surface area contributed by atoms with Gasteiger partial charge in [0.2, 0.25) is 5.75 Å². The molecule has 5 heteroatoms. The molecule has 0 aromatic heterocycles. The maximum atomic E-state index is 5.61. The van der Waals surface area contributed by atoms with E-state index in [0.29, 0.717) is 18.0 Å². The number of ether oxygens (including phenoxy) is 3. The summed E-state index contributed by atoms with van der Waals surface area (Å²) < 4.78 is 16.1. The summed E-state index contributed by atoms with van der Waals surface area (Å²) in [6, 6.07) is 3.90. The first-order chi connectivity index (χ1) is 9.21. The molecule has 0 bridgehead atoms. The second-order valence-electron chi connectivity index (χ2n) is 4.15. The summed E-state index contributed by atoms with van der Waals surface area (Å²) in [6.07, 6.45) is 0. The van der Waals surface area contributed by atoms with Gasteiger partial charge in [-0.2, -0.15) is 0 Å². The van der Waals surface area contributed by atoms with Gasteiger partial charge in [-0.15, -0.1) is 0 Å². The first kappa shape index (κ1) is 15.6. The minimum atomic E-state index is 0.631. The predicted molar refractivity (Wildman–Crippen MR) is 76.1 cm³/mol. The van der Waals surface area contributed by atoms with Gasteiger partial charge in [0, 0.05) is 25.2 Å². The van der Waals surface area contributed by atoms with Crippen molar-refractivity contribution in [3.8, 4) is 17.2 Å². The number of likely N-dealkylation sites (N-methyl/N-ethyl adjacent to an activating group) is 1. The molecule has 0 saturated heterocycles. The Hall–Kier alpha value is -1.46. The van der Waals surface area contributed by atoms with Gasteiger partial charge in [0.05, 0.1) is 21.3 Å². The number of hydrogen-bond donors (Lipinski definition) is 1. The van der Waals surface area contributed by atoms with Crippen molar-refractivity contribution in [3.05, 3.63) is 17.7 Å². The maximum Gasteiger partial charge on any atom is 0.203 e. The summed E-state index contributed by atoms with van der Waals surface area (Å²) >= 11 is 0. The highest BCUT2D eigenvalue weighted by Gasteiger charge is 2.17. The molecule has 2 N–H and O–H groups in total. The molecular weight excluding hydrogens is 244 g/mol. The number of nitrogens with two attached hydrogens (primary N) is 1. The van der Waals surface area contributed by atoms with Crippen LogP contribution in [-0.4, -0.2) is 45.9 Å². The lowest BCUT2D eigenvalue weighted by molar-refractivity contribution is 0.276. The molecule has 1 aromatic rings. The van der Waals surface area contributed by atoms with Gasteiger partial charge in [-0.1, -0.05) is 13.0 Å². The SMILES string of the molecule is CCN(CCN)Cc1ccc(OC)c(OC)c1OC. The average molecular weight is 268 g/mol. The van der Waals surface area contributed by atoms with E-state index in [2.05, 4.69) is 11.8 Å². The first-order valence-corrected chi connectivity index (χ1v) is 6.42. The summed E-state index contributed by atoms with van der Waals surface area (Å²) in [5.41, 5.74) is 6.68. The van der Waals surface area contributed by atoms with Crippen molar-refractivity contribution in [2.45, 2.75) is 13.5 Å². The third kappa shape index (κ3) is 3.75. The highest BCUT2D eigenvalue weighted by Crippen LogP contribution is 2.40. The van der Waals surface area contributed by atoms with Crippen LogP contribution in [0, 0.1) is 0 Å². The number of methoxy groups -OCH3 is 3. The topological polar surface area (TPSA) is 57.0 Å². The van der Waals surface area contributed by atoms with E-state index >= 15 is 0 Å². The first-order valence-electron chi connectivity index (χ1n) is 6.42. The zero-order chi connectivity index (χ0) is 14.3. The molecule has 0 spiro atoms. The van der Waals surface area contributed by atoms with Gasteiger partial charge >= 0.3 is 0 Å². The van der Waals surface area contributed by atoms with Gasteiger partial charge in [0.15, 0.2) is 11.5 Å². The molecule has 0 radical (unpaired) electrons. The molecule has 0 aliphatic rings. The van der Waals surface area contributed by atoms with Crippen LogP contribution < -0.4 is 19.9 Å². The zero-order valence-electron chi connectivity index (χ0n) is 12.2. The highest BCUT2D eigenvalue weighted by molar-refractivity contribution is 5.55. The van der Waals surface area contributed by atoms with Gasteiger partial charge in [-0.3, -0.25) is 4.90 Å². The largest absolute Gasteiger partial charge is 0.493 e. The van der Waals surface area contributed by atoms with E-state index in [-0.39, 0.29) is 0 Å². The molecule has 108 valence electrons. The van der Waals surface area contributed by atoms with Crippen molar-refractivity contribution < 1.29 is 14.2 Å². The van der Waals surface area contributed by atoms with Crippen LogP contribution in [0.25, 0.3) is 0 Å². The monoisotopic (exact) mass is 268 g/mol. The van der Waals surface area contributed by atoms with Crippen LogP contribution in [0.1, 0.15) is 12.5 Å². The van der Waals surface area contributed by atoms with Crippen molar-refractivity contribution in [1.82, 2.24) is 4.90 Å². The van der Waals surface area contributed by atoms with E-state index in [1.807, 2.05) is 12.1 Å². The Morgan fingerprint density at radius 2 is 1.74 bits per heavy atom. The molecule has 0 amide bonds.